The SMILES string of the molecule is O=C(NCc1ccccc1)C1CCOC1. The Labute approximate surface area is 89.4 Å². The van der Waals surface area contributed by atoms with E-state index in [-0.39, 0.29) is 11.8 Å². The maximum atomic E-state index is 11.6. The molecule has 0 aromatic heterocycles. The largest absolute Gasteiger partial charge is 0.381 e. The highest BCUT2D eigenvalue weighted by Crippen LogP contribution is 2.12. The predicted molar refractivity (Wildman–Crippen MR) is 57.2 cm³/mol. The predicted octanol–water partition coefficient (Wildman–Crippen LogP) is 1.34. The highest BCUT2D eigenvalue weighted by atomic mass is 16.5. The van der Waals surface area contributed by atoms with Crippen molar-refractivity contribution in [3.8, 4) is 0 Å². The number of ether oxygens (including phenoxy) is 1. The van der Waals surface area contributed by atoms with Crippen LogP contribution < -0.4 is 5.32 Å². The summed E-state index contributed by atoms with van der Waals surface area (Å²) in [4.78, 5) is 11.6. The number of nitrogens with one attached hydrogen (secondary N) is 1. The molecule has 1 atom stereocenters. The molecule has 0 radical (unpaired) electrons. The van der Waals surface area contributed by atoms with Crippen LogP contribution in [0, 0.1) is 5.92 Å². The first kappa shape index (κ1) is 10.2. The van der Waals surface area contributed by atoms with Crippen molar-refractivity contribution in [1.29, 1.82) is 0 Å². The minimum Gasteiger partial charge on any atom is -0.381 e. The summed E-state index contributed by atoms with van der Waals surface area (Å²) in [6.07, 6.45) is 0.848. The van der Waals surface area contributed by atoms with Gasteiger partial charge in [-0.3, -0.25) is 4.79 Å². The number of amides is 1. The number of carbonyl (C=O) groups excluding carboxylic acids is 1. The summed E-state index contributed by atoms with van der Waals surface area (Å²) in [5.41, 5.74) is 1.13. The molecule has 1 aliphatic heterocycles. The normalized spacial score (nSPS) is 20.1. The molecule has 0 bridgehead atoms. The molecular weight excluding hydrogens is 190 g/mol. The first-order chi connectivity index (χ1) is 7.36. The number of carbonyl (C=O) groups is 1. The van der Waals surface area contributed by atoms with Crippen molar-refractivity contribution in [3.63, 3.8) is 0 Å². The molecule has 0 saturated carbocycles. The molecule has 0 aliphatic carbocycles. The second-order valence-electron chi connectivity index (χ2n) is 3.76. The van der Waals surface area contributed by atoms with Crippen LogP contribution in [0.2, 0.25) is 0 Å². The van der Waals surface area contributed by atoms with Gasteiger partial charge in [0, 0.05) is 13.2 Å². The summed E-state index contributed by atoms with van der Waals surface area (Å²) < 4.78 is 5.17. The zero-order valence-corrected chi connectivity index (χ0v) is 8.61. The van der Waals surface area contributed by atoms with E-state index in [1.165, 1.54) is 0 Å². The van der Waals surface area contributed by atoms with Gasteiger partial charge in [-0.25, -0.2) is 0 Å². The van der Waals surface area contributed by atoms with Crippen molar-refractivity contribution < 1.29 is 9.53 Å². The summed E-state index contributed by atoms with van der Waals surface area (Å²) in [7, 11) is 0. The quantitative estimate of drug-likeness (QED) is 0.808. The maximum Gasteiger partial charge on any atom is 0.225 e. The Hall–Kier alpha value is -1.35. The Morgan fingerprint density at radius 1 is 1.40 bits per heavy atom. The first-order valence-corrected chi connectivity index (χ1v) is 5.25. The van der Waals surface area contributed by atoms with Crippen LogP contribution in [0.25, 0.3) is 0 Å². The van der Waals surface area contributed by atoms with Gasteiger partial charge >= 0.3 is 0 Å². The lowest BCUT2D eigenvalue weighted by Gasteiger charge is -2.08. The Morgan fingerprint density at radius 3 is 2.87 bits per heavy atom. The van der Waals surface area contributed by atoms with Crippen molar-refractivity contribution in [2.24, 2.45) is 5.92 Å². The molecule has 2 rings (SSSR count). The van der Waals surface area contributed by atoms with Gasteiger partial charge in [-0.05, 0) is 12.0 Å². The second kappa shape index (κ2) is 4.94. The summed E-state index contributed by atoms with van der Waals surface area (Å²) >= 11 is 0. The van der Waals surface area contributed by atoms with Crippen LogP contribution in [0.5, 0.6) is 0 Å². The molecule has 1 saturated heterocycles. The molecule has 1 heterocycles. The molecule has 1 aromatic rings. The van der Waals surface area contributed by atoms with E-state index in [2.05, 4.69) is 5.32 Å². The smallest absolute Gasteiger partial charge is 0.225 e. The first-order valence-electron chi connectivity index (χ1n) is 5.25. The number of rotatable bonds is 3. The highest BCUT2D eigenvalue weighted by Gasteiger charge is 2.22. The van der Waals surface area contributed by atoms with Crippen molar-refractivity contribution in [3.05, 3.63) is 35.9 Å². The molecule has 80 valence electrons. The van der Waals surface area contributed by atoms with Gasteiger partial charge in [0.15, 0.2) is 0 Å². The van der Waals surface area contributed by atoms with E-state index in [9.17, 15) is 4.79 Å². The lowest BCUT2D eigenvalue weighted by Crippen LogP contribution is -2.30. The summed E-state index contributed by atoms with van der Waals surface area (Å²) in [5, 5.41) is 2.92. The molecule has 15 heavy (non-hydrogen) atoms. The lowest BCUT2D eigenvalue weighted by molar-refractivity contribution is -0.125. The fourth-order valence-corrected chi connectivity index (χ4v) is 1.67. The molecule has 3 heteroatoms. The molecule has 1 amide bonds. The summed E-state index contributed by atoms with van der Waals surface area (Å²) in [6, 6.07) is 9.92. The molecule has 1 unspecified atom stereocenters. The van der Waals surface area contributed by atoms with Crippen LogP contribution in [0.15, 0.2) is 30.3 Å². The molecule has 1 N–H and O–H groups in total. The van der Waals surface area contributed by atoms with E-state index < -0.39 is 0 Å². The minimum absolute atomic E-state index is 0.0497. The Balaban J connectivity index is 1.80. The van der Waals surface area contributed by atoms with Crippen molar-refractivity contribution in [2.45, 2.75) is 13.0 Å². The number of hydrogen-bond donors (Lipinski definition) is 1. The van der Waals surface area contributed by atoms with Gasteiger partial charge < -0.3 is 10.1 Å². The zero-order valence-electron chi connectivity index (χ0n) is 8.61. The van der Waals surface area contributed by atoms with Gasteiger partial charge in [-0.2, -0.15) is 0 Å². The second-order valence-corrected chi connectivity index (χ2v) is 3.76. The minimum atomic E-state index is 0.0497. The fourth-order valence-electron chi connectivity index (χ4n) is 1.67. The van der Waals surface area contributed by atoms with Gasteiger partial charge in [0.05, 0.1) is 12.5 Å². The molecule has 0 spiro atoms. The monoisotopic (exact) mass is 205 g/mol. The van der Waals surface area contributed by atoms with E-state index >= 15 is 0 Å². The maximum absolute atomic E-state index is 11.6. The Morgan fingerprint density at radius 2 is 2.20 bits per heavy atom. The Kier molecular flexibility index (Phi) is 3.35. The van der Waals surface area contributed by atoms with E-state index in [1.54, 1.807) is 0 Å². The molecular formula is C12H15NO2. The van der Waals surface area contributed by atoms with Gasteiger partial charge in [-0.1, -0.05) is 30.3 Å². The molecule has 3 nitrogen and oxygen atoms in total. The van der Waals surface area contributed by atoms with Crippen LogP contribution in [0.4, 0.5) is 0 Å². The van der Waals surface area contributed by atoms with Gasteiger partial charge in [-0.15, -0.1) is 0 Å². The van der Waals surface area contributed by atoms with E-state index in [0.29, 0.717) is 19.8 Å². The average molecular weight is 205 g/mol. The molecule has 1 aliphatic rings. The summed E-state index contributed by atoms with van der Waals surface area (Å²) in [5.74, 6) is 0.157. The van der Waals surface area contributed by atoms with Crippen LogP contribution in [-0.4, -0.2) is 19.1 Å². The lowest BCUT2D eigenvalue weighted by atomic mass is 10.1. The average Bonchev–Trinajstić information content (AvgIpc) is 2.81. The Bertz CT molecular complexity index is 318. The molecule has 1 fully saturated rings. The fraction of sp³-hybridized carbons (Fsp3) is 0.417. The zero-order chi connectivity index (χ0) is 10.5. The van der Waals surface area contributed by atoms with E-state index in [1.807, 2.05) is 30.3 Å². The van der Waals surface area contributed by atoms with E-state index in [0.717, 1.165) is 12.0 Å². The third-order valence-corrected chi connectivity index (χ3v) is 2.61. The topological polar surface area (TPSA) is 38.3 Å². The van der Waals surface area contributed by atoms with Gasteiger partial charge in [0.25, 0.3) is 0 Å². The van der Waals surface area contributed by atoms with Crippen LogP contribution >= 0.6 is 0 Å². The van der Waals surface area contributed by atoms with Crippen molar-refractivity contribution in [1.82, 2.24) is 5.32 Å². The summed E-state index contributed by atoms with van der Waals surface area (Å²) in [6.45, 7) is 1.89. The number of benzene rings is 1. The van der Waals surface area contributed by atoms with Gasteiger partial charge in [0.1, 0.15) is 0 Å². The number of hydrogen-bond acceptors (Lipinski definition) is 2. The van der Waals surface area contributed by atoms with Gasteiger partial charge in [0.2, 0.25) is 5.91 Å². The van der Waals surface area contributed by atoms with Crippen molar-refractivity contribution >= 4 is 5.91 Å². The van der Waals surface area contributed by atoms with Crippen LogP contribution in [0.3, 0.4) is 0 Å². The van der Waals surface area contributed by atoms with E-state index in [4.69, 9.17) is 4.74 Å². The third-order valence-electron chi connectivity index (χ3n) is 2.61. The standard InChI is InChI=1S/C12H15NO2/c14-12(11-6-7-15-9-11)13-8-10-4-2-1-3-5-10/h1-5,11H,6-9H2,(H,13,14). The van der Waals surface area contributed by atoms with Crippen molar-refractivity contribution in [2.75, 3.05) is 13.2 Å². The highest BCUT2D eigenvalue weighted by molar-refractivity contribution is 5.78. The molecule has 1 aromatic carbocycles. The van der Waals surface area contributed by atoms with Crippen LogP contribution in [-0.2, 0) is 16.1 Å². The third kappa shape index (κ3) is 2.80. The van der Waals surface area contributed by atoms with Crippen LogP contribution in [0.1, 0.15) is 12.0 Å².